The van der Waals surface area contributed by atoms with E-state index < -0.39 is 15.6 Å². The van der Waals surface area contributed by atoms with Crippen LogP contribution in [0.25, 0.3) is 0 Å². The van der Waals surface area contributed by atoms with E-state index in [1.165, 1.54) is 12.3 Å². The second-order valence-corrected chi connectivity index (χ2v) is 6.13. The Morgan fingerprint density at radius 2 is 2.13 bits per heavy atom. The van der Waals surface area contributed by atoms with Crippen LogP contribution in [-0.2, 0) is 10.0 Å². The number of nitrogens with one attached hydrogen (secondary N) is 2. The van der Waals surface area contributed by atoms with Gasteiger partial charge in [-0.05, 0) is 13.0 Å². The molecule has 1 aromatic rings. The van der Waals surface area contributed by atoms with Crippen LogP contribution >= 0.6 is 31.9 Å². The van der Waals surface area contributed by atoms with Crippen LogP contribution in [0.1, 0.15) is 6.92 Å². The summed E-state index contributed by atoms with van der Waals surface area (Å²) >= 11 is 6.53. The van der Waals surface area contributed by atoms with E-state index >= 15 is 0 Å². The molecule has 0 fully saturated rings. The average molecular weight is 361 g/mol. The van der Waals surface area contributed by atoms with Crippen molar-refractivity contribution in [2.75, 3.05) is 10.7 Å². The first kappa shape index (κ1) is 13.1. The first-order chi connectivity index (χ1) is 6.93. The minimum absolute atomic E-state index is 0.0654. The summed E-state index contributed by atoms with van der Waals surface area (Å²) in [5.74, 6) is 0. The Kier molecular flexibility index (Phi) is 4.33. The van der Waals surface area contributed by atoms with E-state index in [9.17, 15) is 8.42 Å². The maximum absolute atomic E-state index is 11.8. The highest BCUT2D eigenvalue weighted by Crippen LogP contribution is 2.15. The molecule has 8 heteroatoms. The number of rotatable bonds is 5. The van der Waals surface area contributed by atoms with Crippen molar-refractivity contribution in [3.63, 3.8) is 0 Å². The van der Waals surface area contributed by atoms with Crippen LogP contribution in [0.3, 0.4) is 0 Å². The lowest BCUT2D eigenvalue weighted by Gasteiger charge is -2.25. The topological polar surface area (TPSA) is 74.8 Å². The fourth-order valence-corrected chi connectivity index (χ4v) is 3.76. The van der Waals surface area contributed by atoms with E-state index in [1.54, 1.807) is 6.92 Å². The van der Waals surface area contributed by atoms with E-state index in [-0.39, 0.29) is 5.03 Å². The summed E-state index contributed by atoms with van der Waals surface area (Å²) in [5, 5.41) is 7.11. The minimum Gasteiger partial charge on any atom is -0.266 e. The van der Waals surface area contributed by atoms with E-state index in [0.29, 0.717) is 10.7 Å². The molecular formula is C7H11Br2N3O2S. The molecule has 5 nitrogen and oxygen atoms in total. The molecule has 86 valence electrons. The fourth-order valence-electron chi connectivity index (χ4n) is 0.862. The third-order valence-electron chi connectivity index (χ3n) is 1.74. The quantitative estimate of drug-likeness (QED) is 0.775. The standard InChI is InChI=1S/C7H11Br2N3O2S/c1-7(4-8,5-9)12-15(13,14)6-2-3-10-11-6/h2-3,12H,4-5H2,1H3,(H,10,11). The van der Waals surface area contributed by atoms with Crippen molar-refractivity contribution >= 4 is 41.9 Å². The summed E-state index contributed by atoms with van der Waals surface area (Å²) in [5.41, 5.74) is -0.566. The number of halogens is 2. The Hall–Kier alpha value is 0.0800. The van der Waals surface area contributed by atoms with Crippen LogP contribution in [-0.4, -0.2) is 34.8 Å². The van der Waals surface area contributed by atoms with Crippen LogP contribution in [0.15, 0.2) is 17.3 Å². The second kappa shape index (κ2) is 4.94. The molecular weight excluding hydrogens is 350 g/mol. The number of H-pyrrole nitrogens is 1. The van der Waals surface area contributed by atoms with E-state index in [0.717, 1.165) is 0 Å². The Morgan fingerprint density at radius 3 is 2.53 bits per heavy atom. The molecule has 0 atom stereocenters. The number of hydrogen-bond donors (Lipinski definition) is 2. The maximum atomic E-state index is 11.8. The summed E-state index contributed by atoms with van der Waals surface area (Å²) in [6.07, 6.45) is 1.40. The summed E-state index contributed by atoms with van der Waals surface area (Å²) in [4.78, 5) is 0. The van der Waals surface area contributed by atoms with Gasteiger partial charge in [-0.15, -0.1) is 0 Å². The zero-order valence-corrected chi connectivity index (χ0v) is 12.0. The minimum atomic E-state index is -3.53. The molecule has 0 bridgehead atoms. The van der Waals surface area contributed by atoms with Crippen LogP contribution in [0.4, 0.5) is 0 Å². The molecule has 2 N–H and O–H groups in total. The van der Waals surface area contributed by atoms with E-state index in [1.807, 2.05) is 0 Å². The third-order valence-corrected chi connectivity index (χ3v) is 5.78. The van der Waals surface area contributed by atoms with Gasteiger partial charge in [-0.25, -0.2) is 13.1 Å². The lowest BCUT2D eigenvalue weighted by Crippen LogP contribution is -2.48. The second-order valence-electron chi connectivity index (χ2n) is 3.35. The lowest BCUT2D eigenvalue weighted by molar-refractivity contribution is 0.506. The molecule has 0 aromatic carbocycles. The lowest BCUT2D eigenvalue weighted by atomic mass is 10.1. The Labute approximate surface area is 105 Å². The van der Waals surface area contributed by atoms with Gasteiger partial charge in [-0.2, -0.15) is 5.10 Å². The SMILES string of the molecule is CC(CBr)(CBr)NS(=O)(=O)c1ccn[nH]1. The number of aromatic amines is 1. The zero-order valence-electron chi connectivity index (χ0n) is 8.00. The summed E-state index contributed by atoms with van der Waals surface area (Å²) in [7, 11) is -3.53. The van der Waals surface area contributed by atoms with Crippen molar-refractivity contribution in [2.45, 2.75) is 17.5 Å². The Bertz CT molecular complexity index is 400. The first-order valence-corrected chi connectivity index (χ1v) is 7.81. The molecule has 1 aromatic heterocycles. The van der Waals surface area contributed by atoms with Crippen LogP contribution in [0, 0.1) is 0 Å². The molecule has 0 spiro atoms. The van der Waals surface area contributed by atoms with Crippen molar-refractivity contribution in [1.82, 2.24) is 14.9 Å². The monoisotopic (exact) mass is 359 g/mol. The Balaban J connectivity index is 2.91. The molecule has 0 radical (unpaired) electrons. The summed E-state index contributed by atoms with van der Waals surface area (Å²) < 4.78 is 26.2. The number of nitrogens with zero attached hydrogens (tertiary/aromatic N) is 1. The third kappa shape index (κ3) is 3.27. The molecule has 0 aliphatic carbocycles. The maximum Gasteiger partial charge on any atom is 0.258 e. The Morgan fingerprint density at radius 1 is 1.53 bits per heavy atom. The molecule has 15 heavy (non-hydrogen) atoms. The number of aromatic nitrogens is 2. The summed E-state index contributed by atoms with van der Waals surface area (Å²) in [6, 6.07) is 1.41. The predicted molar refractivity (Wildman–Crippen MR) is 64.9 cm³/mol. The highest BCUT2D eigenvalue weighted by atomic mass is 79.9. The summed E-state index contributed by atoms with van der Waals surface area (Å²) in [6.45, 7) is 1.80. The first-order valence-electron chi connectivity index (χ1n) is 4.09. The smallest absolute Gasteiger partial charge is 0.258 e. The molecule has 0 saturated heterocycles. The van der Waals surface area contributed by atoms with Gasteiger partial charge in [0.25, 0.3) is 10.0 Å². The van der Waals surface area contributed by atoms with Gasteiger partial charge >= 0.3 is 0 Å². The highest BCUT2D eigenvalue weighted by Gasteiger charge is 2.29. The number of hydrogen-bond acceptors (Lipinski definition) is 3. The zero-order chi connectivity index (χ0) is 11.5. The average Bonchev–Trinajstić information content (AvgIpc) is 2.70. The van der Waals surface area contributed by atoms with Gasteiger partial charge in [-0.3, -0.25) is 5.10 Å². The van der Waals surface area contributed by atoms with E-state index in [2.05, 4.69) is 46.8 Å². The highest BCUT2D eigenvalue weighted by molar-refractivity contribution is 9.09. The van der Waals surface area contributed by atoms with E-state index in [4.69, 9.17) is 0 Å². The molecule has 0 aliphatic rings. The van der Waals surface area contributed by atoms with Gasteiger partial charge in [0.2, 0.25) is 0 Å². The molecule has 0 saturated carbocycles. The van der Waals surface area contributed by atoms with Gasteiger partial charge in [-0.1, -0.05) is 31.9 Å². The van der Waals surface area contributed by atoms with Crippen LogP contribution < -0.4 is 4.72 Å². The normalized spacial score (nSPS) is 13.0. The van der Waals surface area contributed by atoms with Crippen LogP contribution in [0.2, 0.25) is 0 Å². The van der Waals surface area contributed by atoms with Gasteiger partial charge in [0.15, 0.2) is 5.03 Å². The molecule has 1 rings (SSSR count). The van der Waals surface area contributed by atoms with Gasteiger partial charge in [0, 0.05) is 16.2 Å². The van der Waals surface area contributed by atoms with Crippen molar-refractivity contribution < 1.29 is 8.42 Å². The van der Waals surface area contributed by atoms with Crippen molar-refractivity contribution in [1.29, 1.82) is 0 Å². The number of alkyl halides is 2. The van der Waals surface area contributed by atoms with Crippen molar-refractivity contribution in [2.24, 2.45) is 0 Å². The molecule has 1 heterocycles. The predicted octanol–water partition coefficient (Wildman–Crippen LogP) is 1.24. The molecule has 0 amide bonds. The van der Waals surface area contributed by atoms with Crippen molar-refractivity contribution in [3.05, 3.63) is 12.3 Å². The van der Waals surface area contributed by atoms with Gasteiger partial charge in [0.05, 0.1) is 6.20 Å². The number of sulfonamides is 1. The largest absolute Gasteiger partial charge is 0.266 e. The van der Waals surface area contributed by atoms with Crippen molar-refractivity contribution in [3.8, 4) is 0 Å². The van der Waals surface area contributed by atoms with Crippen LogP contribution in [0.5, 0.6) is 0 Å². The molecule has 0 aliphatic heterocycles. The fraction of sp³-hybridized carbons (Fsp3) is 0.571. The van der Waals surface area contributed by atoms with Gasteiger partial charge in [0.1, 0.15) is 0 Å². The van der Waals surface area contributed by atoms with Gasteiger partial charge < -0.3 is 0 Å². The molecule has 0 unspecified atom stereocenters.